The first-order valence-electron chi connectivity index (χ1n) is 21.1. The summed E-state index contributed by atoms with van der Waals surface area (Å²) in [6, 6.07) is 75.0. The fourth-order valence-electron chi connectivity index (χ4n) is 9.55. The molecule has 0 saturated heterocycles. The van der Waals surface area contributed by atoms with Gasteiger partial charge in [0.05, 0.1) is 28.2 Å². The number of benzene rings is 8. The van der Waals surface area contributed by atoms with Gasteiger partial charge in [-0.3, -0.25) is 0 Å². The number of nitrogens with zero attached hydrogens (tertiary/aromatic N) is 3. The Balaban J connectivity index is 0.992. The molecule has 8 aromatic carbocycles. The van der Waals surface area contributed by atoms with Crippen LogP contribution in [0.5, 0.6) is 0 Å². The summed E-state index contributed by atoms with van der Waals surface area (Å²) in [5.74, 6) is 0.705. The molecule has 1 spiro atoms. The van der Waals surface area contributed by atoms with Gasteiger partial charge in [0.1, 0.15) is 0 Å². The van der Waals surface area contributed by atoms with Gasteiger partial charge in [0.25, 0.3) is 0 Å². The molecule has 9 aromatic rings. The predicted molar refractivity (Wildman–Crippen MR) is 257 cm³/mol. The number of hydrogen-bond acceptors (Lipinski definition) is 3. The van der Waals surface area contributed by atoms with Crippen LogP contribution in [-0.4, -0.2) is 15.7 Å². The van der Waals surface area contributed by atoms with Crippen LogP contribution in [0.3, 0.4) is 0 Å². The SMILES string of the molecule is C=C(/N=C(\C=C(/C)c1ccccc1)c1ccc(-c2ccc(-c3nc(-c4ccccc4)c4c(n3)-c3ccccc3C43c4ccccc4-c4ccccc43)cc2)cc1)c1ccccc1. The van der Waals surface area contributed by atoms with Crippen molar-refractivity contribution in [2.24, 2.45) is 4.99 Å². The molecule has 11 rings (SSSR count). The van der Waals surface area contributed by atoms with Crippen molar-refractivity contribution in [1.29, 1.82) is 0 Å². The number of allylic oxidation sites excluding steroid dienone is 2. The quantitative estimate of drug-likeness (QED) is 0.144. The first-order valence-corrected chi connectivity index (χ1v) is 21.1. The second kappa shape index (κ2) is 15.2. The summed E-state index contributed by atoms with van der Waals surface area (Å²) in [7, 11) is 0. The smallest absolute Gasteiger partial charge is 0.160 e. The van der Waals surface area contributed by atoms with Crippen molar-refractivity contribution in [2.75, 3.05) is 0 Å². The second-order valence-electron chi connectivity index (χ2n) is 16.0. The summed E-state index contributed by atoms with van der Waals surface area (Å²) in [4.78, 5) is 16.1. The van der Waals surface area contributed by atoms with Crippen LogP contribution in [0.1, 0.15) is 45.9 Å². The first kappa shape index (κ1) is 37.0. The van der Waals surface area contributed by atoms with Gasteiger partial charge in [0, 0.05) is 27.8 Å². The fourth-order valence-corrected chi connectivity index (χ4v) is 9.55. The molecule has 0 radical (unpaired) electrons. The van der Waals surface area contributed by atoms with E-state index in [1.165, 1.54) is 27.8 Å². The fraction of sp³-hybridized carbons (Fsp3) is 0.0339. The van der Waals surface area contributed by atoms with Crippen molar-refractivity contribution in [1.82, 2.24) is 9.97 Å². The Kier molecular flexibility index (Phi) is 9.09. The molecule has 0 amide bonds. The van der Waals surface area contributed by atoms with E-state index in [1.54, 1.807) is 0 Å². The first-order chi connectivity index (χ1) is 30.6. The predicted octanol–water partition coefficient (Wildman–Crippen LogP) is 14.4. The number of fused-ring (bicyclic) bond motifs is 10. The minimum Gasteiger partial charge on any atom is -0.248 e. The molecule has 3 heteroatoms. The van der Waals surface area contributed by atoms with Crippen molar-refractivity contribution in [3.05, 3.63) is 264 Å². The highest BCUT2D eigenvalue weighted by atomic mass is 14.9. The zero-order chi connectivity index (χ0) is 41.6. The third-order valence-corrected chi connectivity index (χ3v) is 12.5. The molecule has 62 heavy (non-hydrogen) atoms. The standard InChI is InChI=1S/C59H41N3/c1-39(41-18-6-3-7-19-41)38-54(60-40(2)42-20-8-4-9-21-42)45-34-30-43(31-35-45)44-32-36-47(37-33-44)58-61-56(46-22-10-5-11-23-46)55-57(62-58)50-26-14-17-29-53(50)59(55)51-27-15-12-24-48(51)49-25-13-16-28-52(49)59/h3-38H,2H2,1H3/b39-38+,60-54+. The minimum atomic E-state index is -0.547. The summed E-state index contributed by atoms with van der Waals surface area (Å²) >= 11 is 0. The number of hydrogen-bond donors (Lipinski definition) is 0. The van der Waals surface area contributed by atoms with E-state index >= 15 is 0 Å². The lowest BCUT2D eigenvalue weighted by atomic mass is 9.69. The molecule has 0 atom stereocenters. The lowest BCUT2D eigenvalue weighted by molar-refractivity contribution is 0.788. The molecule has 0 N–H and O–H groups in total. The maximum atomic E-state index is 5.52. The van der Waals surface area contributed by atoms with Gasteiger partial charge in [-0.05, 0) is 68.6 Å². The largest absolute Gasteiger partial charge is 0.248 e. The maximum Gasteiger partial charge on any atom is 0.160 e. The minimum absolute atomic E-state index is 0.547. The highest BCUT2D eigenvalue weighted by Crippen LogP contribution is 2.64. The van der Waals surface area contributed by atoms with Crippen LogP contribution in [0.4, 0.5) is 0 Å². The van der Waals surface area contributed by atoms with Gasteiger partial charge in [-0.15, -0.1) is 0 Å². The molecule has 3 nitrogen and oxygen atoms in total. The summed E-state index contributed by atoms with van der Waals surface area (Å²) in [5.41, 5.74) is 20.1. The summed E-state index contributed by atoms with van der Waals surface area (Å²) in [6.07, 6.45) is 2.15. The molecule has 0 aliphatic heterocycles. The highest BCUT2D eigenvalue weighted by Gasteiger charge is 2.54. The normalized spacial score (nSPS) is 13.3. The van der Waals surface area contributed by atoms with Crippen molar-refractivity contribution < 1.29 is 0 Å². The van der Waals surface area contributed by atoms with Crippen LogP contribution in [0, 0.1) is 0 Å². The van der Waals surface area contributed by atoms with Crippen molar-refractivity contribution in [3.8, 4) is 56.2 Å². The molecule has 0 fully saturated rings. The summed E-state index contributed by atoms with van der Waals surface area (Å²) in [5, 5.41) is 0. The lowest BCUT2D eigenvalue weighted by Gasteiger charge is -2.31. The Bertz CT molecular complexity index is 3170. The van der Waals surface area contributed by atoms with Gasteiger partial charge in [0.2, 0.25) is 0 Å². The molecule has 2 aliphatic carbocycles. The summed E-state index contributed by atoms with van der Waals surface area (Å²) in [6.45, 7) is 6.46. The van der Waals surface area contributed by atoms with Gasteiger partial charge >= 0.3 is 0 Å². The van der Waals surface area contributed by atoms with E-state index in [4.69, 9.17) is 15.0 Å². The van der Waals surface area contributed by atoms with Crippen LogP contribution in [0.2, 0.25) is 0 Å². The van der Waals surface area contributed by atoms with Gasteiger partial charge < -0.3 is 0 Å². The third kappa shape index (κ3) is 6.09. The third-order valence-electron chi connectivity index (χ3n) is 12.5. The zero-order valence-electron chi connectivity index (χ0n) is 34.3. The Hall–Kier alpha value is -8.01. The van der Waals surface area contributed by atoms with Gasteiger partial charge in [-0.25, -0.2) is 15.0 Å². The van der Waals surface area contributed by atoms with E-state index in [-0.39, 0.29) is 0 Å². The molecule has 0 bridgehead atoms. The van der Waals surface area contributed by atoms with Crippen molar-refractivity contribution >= 4 is 17.0 Å². The van der Waals surface area contributed by atoms with E-state index in [1.807, 2.05) is 36.4 Å². The molecule has 0 unspecified atom stereocenters. The Labute approximate surface area is 362 Å². The monoisotopic (exact) mass is 791 g/mol. The number of aromatic nitrogens is 2. The molecule has 0 saturated carbocycles. The van der Waals surface area contributed by atoms with E-state index in [9.17, 15) is 0 Å². The number of rotatable bonds is 8. The van der Waals surface area contributed by atoms with Gasteiger partial charge in [-0.2, -0.15) is 0 Å². The number of aliphatic imine (C=N–C) groups is 1. The van der Waals surface area contributed by atoms with E-state index in [0.29, 0.717) is 5.82 Å². The van der Waals surface area contributed by atoms with E-state index in [0.717, 1.165) is 78.4 Å². The maximum absolute atomic E-state index is 5.52. The topological polar surface area (TPSA) is 38.1 Å². The van der Waals surface area contributed by atoms with E-state index < -0.39 is 5.41 Å². The second-order valence-corrected chi connectivity index (χ2v) is 16.0. The lowest BCUT2D eigenvalue weighted by Crippen LogP contribution is -2.27. The average Bonchev–Trinajstić information content (AvgIpc) is 3.82. The molecule has 1 aromatic heterocycles. The Morgan fingerprint density at radius 3 is 1.48 bits per heavy atom. The van der Waals surface area contributed by atoms with Gasteiger partial charge in [0.15, 0.2) is 5.82 Å². The van der Waals surface area contributed by atoms with Crippen LogP contribution in [0.15, 0.2) is 230 Å². The van der Waals surface area contributed by atoms with Crippen LogP contribution in [-0.2, 0) is 5.41 Å². The summed E-state index contributed by atoms with van der Waals surface area (Å²) < 4.78 is 0. The average molecular weight is 792 g/mol. The zero-order valence-corrected chi connectivity index (χ0v) is 34.3. The van der Waals surface area contributed by atoms with Gasteiger partial charge in [-0.1, -0.05) is 219 Å². The van der Waals surface area contributed by atoms with Crippen molar-refractivity contribution in [2.45, 2.75) is 12.3 Å². The molecular formula is C59H41N3. The highest BCUT2D eigenvalue weighted by molar-refractivity contribution is 6.14. The van der Waals surface area contributed by atoms with Crippen LogP contribution >= 0.6 is 0 Å². The molecular weight excluding hydrogens is 751 g/mol. The van der Waals surface area contributed by atoms with E-state index in [2.05, 4.69) is 196 Å². The van der Waals surface area contributed by atoms with Crippen molar-refractivity contribution in [3.63, 3.8) is 0 Å². The Morgan fingerprint density at radius 2 is 0.887 bits per heavy atom. The molecule has 292 valence electrons. The van der Waals surface area contributed by atoms with Crippen LogP contribution < -0.4 is 0 Å². The molecule has 2 aliphatic rings. The molecule has 1 heterocycles. The Morgan fingerprint density at radius 1 is 0.435 bits per heavy atom. The van der Waals surface area contributed by atoms with Crippen LogP contribution in [0.25, 0.3) is 67.4 Å².